The number of rotatable bonds is 8. The van der Waals surface area contributed by atoms with Crippen molar-refractivity contribution >= 4 is 12.2 Å². The van der Waals surface area contributed by atoms with Gasteiger partial charge in [-0.1, -0.05) is 0 Å². The normalized spacial score (nSPS) is 13.0. The molecule has 0 aromatic carbocycles. The third-order valence-electron chi connectivity index (χ3n) is 2.42. The van der Waals surface area contributed by atoms with Gasteiger partial charge in [-0.25, -0.2) is 4.79 Å². The molecule has 0 rings (SSSR count). The monoisotopic (exact) mass is 256 g/mol. The molecular formula is C13H24N2O3. The van der Waals surface area contributed by atoms with Crippen LogP contribution in [0, 0.1) is 0 Å². The highest BCUT2D eigenvalue weighted by molar-refractivity contribution is 5.85. The van der Waals surface area contributed by atoms with Crippen LogP contribution in [-0.4, -0.2) is 36.0 Å². The van der Waals surface area contributed by atoms with Gasteiger partial charge >= 0.3 is 5.97 Å². The van der Waals surface area contributed by atoms with Gasteiger partial charge in [-0.3, -0.25) is 4.99 Å². The van der Waals surface area contributed by atoms with Gasteiger partial charge < -0.3 is 15.6 Å². The highest BCUT2D eigenvalue weighted by Gasteiger charge is 2.27. The van der Waals surface area contributed by atoms with Gasteiger partial charge in [0.05, 0.1) is 6.61 Å². The number of nitrogens with zero attached hydrogens (tertiary/aromatic N) is 1. The highest BCUT2D eigenvalue weighted by atomic mass is 16.5. The van der Waals surface area contributed by atoms with Gasteiger partial charge in [-0.2, -0.15) is 0 Å². The van der Waals surface area contributed by atoms with Gasteiger partial charge in [0.2, 0.25) is 0 Å². The molecule has 0 unspecified atom stereocenters. The summed E-state index contributed by atoms with van der Waals surface area (Å²) >= 11 is 0. The molecule has 0 radical (unpaired) electrons. The SMILES string of the molecule is CCOC(=O)C(C)(C)N=CC(=CN)CCCCO. The second-order valence-electron chi connectivity index (χ2n) is 4.46. The molecule has 0 saturated carbocycles. The minimum atomic E-state index is -0.902. The van der Waals surface area contributed by atoms with Gasteiger partial charge in [0, 0.05) is 12.8 Å². The van der Waals surface area contributed by atoms with Crippen molar-refractivity contribution in [2.45, 2.75) is 45.6 Å². The number of unbranched alkanes of at least 4 members (excludes halogenated alkanes) is 1. The molecule has 0 fully saturated rings. The molecule has 0 aromatic rings. The predicted octanol–water partition coefficient (Wildman–Crippen LogP) is 1.40. The summed E-state index contributed by atoms with van der Waals surface area (Å²) < 4.78 is 4.93. The van der Waals surface area contributed by atoms with Crippen LogP contribution in [0.2, 0.25) is 0 Å². The molecule has 3 N–H and O–H groups in total. The first-order chi connectivity index (χ1) is 8.47. The fourth-order valence-corrected chi connectivity index (χ4v) is 1.24. The van der Waals surface area contributed by atoms with Crippen molar-refractivity contribution in [2.24, 2.45) is 10.7 Å². The molecule has 18 heavy (non-hydrogen) atoms. The van der Waals surface area contributed by atoms with Crippen LogP contribution in [0.3, 0.4) is 0 Å². The Morgan fingerprint density at radius 2 is 2.11 bits per heavy atom. The number of hydrogen-bond acceptors (Lipinski definition) is 5. The quantitative estimate of drug-likeness (QED) is 0.390. The Labute approximate surface area is 109 Å². The van der Waals surface area contributed by atoms with Crippen LogP contribution in [0.5, 0.6) is 0 Å². The zero-order chi connectivity index (χ0) is 14.0. The van der Waals surface area contributed by atoms with Crippen LogP contribution in [0.25, 0.3) is 0 Å². The first kappa shape index (κ1) is 16.6. The maximum absolute atomic E-state index is 11.6. The van der Waals surface area contributed by atoms with Crippen LogP contribution in [0.15, 0.2) is 16.8 Å². The van der Waals surface area contributed by atoms with Crippen molar-refractivity contribution in [3.63, 3.8) is 0 Å². The van der Waals surface area contributed by atoms with Gasteiger partial charge in [-0.15, -0.1) is 0 Å². The molecule has 0 amide bonds. The van der Waals surface area contributed by atoms with E-state index < -0.39 is 5.54 Å². The van der Waals surface area contributed by atoms with E-state index in [1.54, 1.807) is 27.0 Å². The number of aliphatic hydroxyl groups excluding tert-OH is 1. The minimum Gasteiger partial charge on any atom is -0.464 e. The summed E-state index contributed by atoms with van der Waals surface area (Å²) in [5.74, 6) is -0.354. The Balaban J connectivity index is 4.44. The summed E-state index contributed by atoms with van der Waals surface area (Å²) in [6.45, 7) is 5.67. The van der Waals surface area contributed by atoms with Crippen molar-refractivity contribution in [1.29, 1.82) is 0 Å². The van der Waals surface area contributed by atoms with Gasteiger partial charge in [0.1, 0.15) is 0 Å². The van der Waals surface area contributed by atoms with Crippen molar-refractivity contribution < 1.29 is 14.6 Å². The van der Waals surface area contributed by atoms with E-state index >= 15 is 0 Å². The summed E-state index contributed by atoms with van der Waals surface area (Å²) in [5.41, 5.74) is 5.43. The Hall–Kier alpha value is -1.36. The Morgan fingerprint density at radius 1 is 1.44 bits per heavy atom. The summed E-state index contributed by atoms with van der Waals surface area (Å²) in [4.78, 5) is 15.8. The summed E-state index contributed by atoms with van der Waals surface area (Å²) in [7, 11) is 0. The van der Waals surface area contributed by atoms with E-state index in [0.717, 1.165) is 24.8 Å². The second-order valence-corrected chi connectivity index (χ2v) is 4.46. The lowest BCUT2D eigenvalue weighted by Crippen LogP contribution is -2.31. The standard InChI is InChI=1S/C13H24N2O3/c1-4-18-12(17)13(2,3)15-10-11(9-14)7-5-6-8-16/h9-10,16H,4-8,14H2,1-3H3. The van der Waals surface area contributed by atoms with Gasteiger partial charge in [0.25, 0.3) is 0 Å². The third-order valence-corrected chi connectivity index (χ3v) is 2.42. The molecule has 5 nitrogen and oxygen atoms in total. The molecule has 0 atom stereocenters. The molecule has 104 valence electrons. The lowest BCUT2D eigenvalue weighted by atomic mass is 10.1. The maximum atomic E-state index is 11.6. The average Bonchev–Trinajstić information content (AvgIpc) is 2.34. The van der Waals surface area contributed by atoms with Crippen LogP contribution in [0.1, 0.15) is 40.0 Å². The van der Waals surface area contributed by atoms with Gasteiger partial charge in [0.15, 0.2) is 5.54 Å². The van der Waals surface area contributed by atoms with E-state index in [1.807, 2.05) is 0 Å². The minimum absolute atomic E-state index is 0.170. The van der Waals surface area contributed by atoms with E-state index in [1.165, 1.54) is 6.20 Å². The zero-order valence-corrected chi connectivity index (χ0v) is 11.5. The number of allylic oxidation sites excluding steroid dienone is 1. The molecule has 0 aliphatic heterocycles. The molecule has 0 spiro atoms. The molecule has 0 aromatic heterocycles. The van der Waals surface area contributed by atoms with Gasteiger partial charge in [-0.05, 0) is 51.8 Å². The lowest BCUT2D eigenvalue weighted by Gasteiger charge is -2.17. The van der Waals surface area contributed by atoms with Crippen LogP contribution >= 0.6 is 0 Å². The lowest BCUT2D eigenvalue weighted by molar-refractivity contribution is -0.148. The smallest absolute Gasteiger partial charge is 0.333 e. The molecule has 0 aliphatic carbocycles. The average molecular weight is 256 g/mol. The second kappa shape index (κ2) is 8.69. The van der Waals surface area contributed by atoms with E-state index in [4.69, 9.17) is 15.6 Å². The number of esters is 1. The molecular weight excluding hydrogens is 232 g/mol. The van der Waals surface area contributed by atoms with Crippen molar-refractivity contribution in [1.82, 2.24) is 0 Å². The first-order valence-electron chi connectivity index (χ1n) is 6.22. The van der Waals surface area contributed by atoms with Crippen LogP contribution in [0.4, 0.5) is 0 Å². The fourth-order valence-electron chi connectivity index (χ4n) is 1.24. The maximum Gasteiger partial charge on any atom is 0.333 e. The number of hydrogen-bond donors (Lipinski definition) is 2. The summed E-state index contributed by atoms with van der Waals surface area (Å²) in [6, 6.07) is 0. The van der Waals surface area contributed by atoms with Crippen molar-refractivity contribution in [3.8, 4) is 0 Å². The number of carbonyl (C=O) groups excluding carboxylic acids is 1. The number of nitrogens with two attached hydrogens (primary N) is 1. The number of aliphatic imine (C=N–C) groups is 1. The van der Waals surface area contributed by atoms with Crippen LogP contribution in [-0.2, 0) is 9.53 Å². The molecule has 0 aliphatic rings. The van der Waals surface area contributed by atoms with E-state index in [9.17, 15) is 4.79 Å². The van der Waals surface area contributed by atoms with E-state index in [0.29, 0.717) is 6.61 Å². The predicted molar refractivity (Wildman–Crippen MR) is 72.4 cm³/mol. The number of carbonyl (C=O) groups is 1. The fraction of sp³-hybridized carbons (Fsp3) is 0.692. The number of aliphatic hydroxyl groups is 1. The first-order valence-corrected chi connectivity index (χ1v) is 6.22. The van der Waals surface area contributed by atoms with Crippen LogP contribution < -0.4 is 5.73 Å². The Morgan fingerprint density at radius 3 is 2.61 bits per heavy atom. The number of ether oxygens (including phenoxy) is 1. The Kier molecular flexibility index (Phi) is 8.03. The molecule has 0 heterocycles. The molecule has 5 heteroatoms. The van der Waals surface area contributed by atoms with E-state index in [-0.39, 0.29) is 12.6 Å². The van der Waals surface area contributed by atoms with E-state index in [2.05, 4.69) is 4.99 Å². The Bertz CT molecular complexity index is 309. The highest BCUT2D eigenvalue weighted by Crippen LogP contribution is 2.12. The zero-order valence-electron chi connectivity index (χ0n) is 11.5. The topological polar surface area (TPSA) is 84.9 Å². The van der Waals surface area contributed by atoms with Crippen molar-refractivity contribution in [3.05, 3.63) is 11.8 Å². The van der Waals surface area contributed by atoms with Crippen molar-refractivity contribution in [2.75, 3.05) is 13.2 Å². The molecule has 0 bridgehead atoms. The third kappa shape index (κ3) is 6.39. The molecule has 0 saturated heterocycles. The summed E-state index contributed by atoms with van der Waals surface area (Å²) in [5, 5.41) is 8.70. The largest absolute Gasteiger partial charge is 0.464 e. The summed E-state index contributed by atoms with van der Waals surface area (Å²) in [6.07, 6.45) is 5.38.